The number of rotatable bonds is 5. The van der Waals surface area contributed by atoms with Crippen molar-refractivity contribution in [1.29, 1.82) is 0 Å². The zero-order valence-electron chi connectivity index (χ0n) is 11.6. The first-order valence-electron chi connectivity index (χ1n) is 6.87. The van der Waals surface area contributed by atoms with Crippen molar-refractivity contribution in [3.63, 3.8) is 0 Å². The molecule has 0 aromatic heterocycles. The van der Waals surface area contributed by atoms with Gasteiger partial charge in [0, 0.05) is 36.4 Å². The van der Waals surface area contributed by atoms with Gasteiger partial charge in [0.2, 0.25) is 5.91 Å². The molecule has 1 aromatic rings. The molecular formula is C15H22N2O2. The minimum atomic E-state index is 0.000156. The predicted molar refractivity (Wildman–Crippen MR) is 77.3 cm³/mol. The Labute approximate surface area is 114 Å². The third-order valence-electron chi connectivity index (χ3n) is 3.30. The number of anilines is 2. The Morgan fingerprint density at radius 2 is 2.00 bits per heavy atom. The van der Waals surface area contributed by atoms with Gasteiger partial charge in [-0.2, -0.15) is 0 Å². The Bertz CT molecular complexity index is 409. The van der Waals surface area contributed by atoms with Gasteiger partial charge in [-0.05, 0) is 30.7 Å². The van der Waals surface area contributed by atoms with E-state index in [-0.39, 0.29) is 11.8 Å². The minimum absolute atomic E-state index is 0.000156. The predicted octanol–water partition coefficient (Wildman–Crippen LogP) is 2.73. The van der Waals surface area contributed by atoms with Gasteiger partial charge in [0.15, 0.2) is 0 Å². The van der Waals surface area contributed by atoms with Gasteiger partial charge in [0.1, 0.15) is 0 Å². The SMILES string of the molecule is CC(C)C(=O)Nc1ccc(NCC2CCOC2)cc1. The highest BCUT2D eigenvalue weighted by Crippen LogP contribution is 2.17. The number of benzene rings is 1. The zero-order chi connectivity index (χ0) is 13.7. The van der Waals surface area contributed by atoms with Crippen molar-refractivity contribution in [3.05, 3.63) is 24.3 Å². The molecule has 0 spiro atoms. The Morgan fingerprint density at radius 1 is 1.32 bits per heavy atom. The molecule has 2 N–H and O–H groups in total. The second kappa shape index (κ2) is 6.57. The second-order valence-corrected chi connectivity index (χ2v) is 5.33. The van der Waals surface area contributed by atoms with E-state index in [9.17, 15) is 4.79 Å². The summed E-state index contributed by atoms with van der Waals surface area (Å²) in [6.45, 7) is 6.45. The van der Waals surface area contributed by atoms with Crippen LogP contribution in [-0.2, 0) is 9.53 Å². The smallest absolute Gasteiger partial charge is 0.226 e. The molecule has 1 aromatic carbocycles. The van der Waals surface area contributed by atoms with Gasteiger partial charge in [0.05, 0.1) is 6.61 Å². The van der Waals surface area contributed by atoms with Crippen LogP contribution in [0.3, 0.4) is 0 Å². The molecule has 104 valence electrons. The fourth-order valence-electron chi connectivity index (χ4n) is 1.96. The summed E-state index contributed by atoms with van der Waals surface area (Å²) >= 11 is 0. The van der Waals surface area contributed by atoms with Gasteiger partial charge in [-0.3, -0.25) is 4.79 Å². The number of nitrogens with one attached hydrogen (secondary N) is 2. The maximum atomic E-state index is 11.6. The number of hydrogen-bond acceptors (Lipinski definition) is 3. The van der Waals surface area contributed by atoms with E-state index < -0.39 is 0 Å². The largest absolute Gasteiger partial charge is 0.385 e. The van der Waals surface area contributed by atoms with Crippen LogP contribution >= 0.6 is 0 Å². The lowest BCUT2D eigenvalue weighted by Crippen LogP contribution is -2.17. The van der Waals surface area contributed by atoms with E-state index in [0.717, 1.165) is 37.6 Å². The molecule has 1 amide bonds. The molecule has 0 aliphatic carbocycles. The van der Waals surface area contributed by atoms with E-state index >= 15 is 0 Å². The number of ether oxygens (including phenoxy) is 1. The third-order valence-corrected chi connectivity index (χ3v) is 3.30. The molecule has 1 unspecified atom stereocenters. The molecule has 2 rings (SSSR count). The average molecular weight is 262 g/mol. The average Bonchev–Trinajstić information content (AvgIpc) is 2.91. The Morgan fingerprint density at radius 3 is 2.58 bits per heavy atom. The van der Waals surface area contributed by atoms with E-state index in [2.05, 4.69) is 10.6 Å². The molecule has 0 bridgehead atoms. The molecule has 0 radical (unpaired) electrons. The maximum Gasteiger partial charge on any atom is 0.226 e. The molecule has 1 heterocycles. The van der Waals surface area contributed by atoms with Crippen LogP contribution in [0.2, 0.25) is 0 Å². The fourth-order valence-corrected chi connectivity index (χ4v) is 1.96. The summed E-state index contributed by atoms with van der Waals surface area (Å²) in [6.07, 6.45) is 1.13. The topological polar surface area (TPSA) is 50.4 Å². The standard InChI is InChI=1S/C15H22N2O2/c1-11(2)15(18)17-14-5-3-13(4-6-14)16-9-12-7-8-19-10-12/h3-6,11-12,16H,7-10H2,1-2H3,(H,17,18). The summed E-state index contributed by atoms with van der Waals surface area (Å²) in [7, 11) is 0. The van der Waals surface area contributed by atoms with Crippen molar-refractivity contribution in [2.75, 3.05) is 30.4 Å². The molecule has 1 aliphatic heterocycles. The van der Waals surface area contributed by atoms with Crippen molar-refractivity contribution in [1.82, 2.24) is 0 Å². The van der Waals surface area contributed by atoms with E-state index in [0.29, 0.717) is 5.92 Å². The van der Waals surface area contributed by atoms with Gasteiger partial charge in [0.25, 0.3) is 0 Å². The Balaban J connectivity index is 1.82. The summed E-state index contributed by atoms with van der Waals surface area (Å²) in [5.74, 6) is 0.657. The van der Waals surface area contributed by atoms with Crippen LogP contribution in [-0.4, -0.2) is 25.7 Å². The van der Waals surface area contributed by atoms with Crippen LogP contribution in [0.5, 0.6) is 0 Å². The van der Waals surface area contributed by atoms with E-state index in [1.165, 1.54) is 0 Å². The van der Waals surface area contributed by atoms with Gasteiger partial charge in [-0.1, -0.05) is 13.8 Å². The number of amides is 1. The normalized spacial score (nSPS) is 18.6. The highest BCUT2D eigenvalue weighted by Gasteiger charge is 2.14. The van der Waals surface area contributed by atoms with Crippen molar-refractivity contribution >= 4 is 17.3 Å². The summed E-state index contributed by atoms with van der Waals surface area (Å²) in [5.41, 5.74) is 1.92. The fraction of sp³-hybridized carbons (Fsp3) is 0.533. The highest BCUT2D eigenvalue weighted by atomic mass is 16.5. The highest BCUT2D eigenvalue weighted by molar-refractivity contribution is 5.92. The second-order valence-electron chi connectivity index (χ2n) is 5.33. The van der Waals surface area contributed by atoms with Crippen molar-refractivity contribution in [3.8, 4) is 0 Å². The van der Waals surface area contributed by atoms with Crippen LogP contribution in [0.1, 0.15) is 20.3 Å². The lowest BCUT2D eigenvalue weighted by Gasteiger charge is -2.12. The lowest BCUT2D eigenvalue weighted by atomic mass is 10.1. The van der Waals surface area contributed by atoms with Crippen LogP contribution in [0.4, 0.5) is 11.4 Å². The minimum Gasteiger partial charge on any atom is -0.385 e. The van der Waals surface area contributed by atoms with Gasteiger partial charge in [-0.25, -0.2) is 0 Å². The van der Waals surface area contributed by atoms with Crippen molar-refractivity contribution < 1.29 is 9.53 Å². The Kier molecular flexibility index (Phi) is 4.80. The number of hydrogen-bond donors (Lipinski definition) is 2. The molecule has 19 heavy (non-hydrogen) atoms. The molecule has 1 fully saturated rings. The molecule has 4 nitrogen and oxygen atoms in total. The quantitative estimate of drug-likeness (QED) is 0.858. The molecule has 4 heteroatoms. The van der Waals surface area contributed by atoms with E-state index in [1.807, 2.05) is 38.1 Å². The monoisotopic (exact) mass is 262 g/mol. The summed E-state index contributed by atoms with van der Waals surface area (Å²) in [5, 5.41) is 6.28. The molecular weight excluding hydrogens is 240 g/mol. The Hall–Kier alpha value is -1.55. The van der Waals surface area contributed by atoms with Crippen LogP contribution in [0.25, 0.3) is 0 Å². The molecule has 1 saturated heterocycles. The van der Waals surface area contributed by atoms with Gasteiger partial charge in [-0.15, -0.1) is 0 Å². The van der Waals surface area contributed by atoms with Gasteiger partial charge < -0.3 is 15.4 Å². The third kappa shape index (κ3) is 4.24. The van der Waals surface area contributed by atoms with Crippen molar-refractivity contribution in [2.45, 2.75) is 20.3 Å². The summed E-state index contributed by atoms with van der Waals surface area (Å²) in [6, 6.07) is 7.83. The van der Waals surface area contributed by atoms with Crippen molar-refractivity contribution in [2.24, 2.45) is 11.8 Å². The lowest BCUT2D eigenvalue weighted by molar-refractivity contribution is -0.118. The molecule has 1 atom stereocenters. The first-order chi connectivity index (χ1) is 9.15. The zero-order valence-corrected chi connectivity index (χ0v) is 11.6. The van der Waals surface area contributed by atoms with Crippen LogP contribution in [0.15, 0.2) is 24.3 Å². The molecule has 0 saturated carbocycles. The van der Waals surface area contributed by atoms with E-state index in [1.54, 1.807) is 0 Å². The van der Waals surface area contributed by atoms with Crippen LogP contribution < -0.4 is 10.6 Å². The summed E-state index contributed by atoms with van der Waals surface area (Å²) < 4.78 is 5.34. The first kappa shape index (κ1) is 13.9. The number of carbonyl (C=O) groups excluding carboxylic acids is 1. The molecule has 1 aliphatic rings. The van der Waals surface area contributed by atoms with Gasteiger partial charge >= 0.3 is 0 Å². The summed E-state index contributed by atoms with van der Waals surface area (Å²) in [4.78, 5) is 11.6. The van der Waals surface area contributed by atoms with E-state index in [4.69, 9.17) is 4.74 Å². The number of carbonyl (C=O) groups is 1. The van der Waals surface area contributed by atoms with Crippen LogP contribution in [0, 0.1) is 11.8 Å². The maximum absolute atomic E-state index is 11.6. The first-order valence-corrected chi connectivity index (χ1v) is 6.87.